The lowest BCUT2D eigenvalue weighted by Gasteiger charge is -2.18. The minimum Gasteiger partial charge on any atom is -0.402 e. The molecule has 0 saturated carbocycles. The van der Waals surface area contributed by atoms with Gasteiger partial charge in [-0.2, -0.15) is 13.2 Å². The van der Waals surface area contributed by atoms with E-state index < -0.39 is 40.6 Å². The van der Waals surface area contributed by atoms with E-state index in [4.69, 9.17) is 5.73 Å². The van der Waals surface area contributed by atoms with Crippen LogP contribution in [-0.4, -0.2) is 11.3 Å². The van der Waals surface area contributed by atoms with E-state index in [1.165, 1.54) is 0 Å². The Morgan fingerprint density at radius 2 is 1.78 bits per heavy atom. The molecule has 1 heterocycles. The maximum absolute atomic E-state index is 12.7. The standard InChI is InChI=1S/C8H5BrF6N2O/c9-6-5(18-8(13,14)15)4(7(10,11)12)3(1-16)2-17-6/h2H,1,16H2. The largest absolute Gasteiger partial charge is 0.573 e. The fourth-order valence-corrected chi connectivity index (χ4v) is 1.56. The summed E-state index contributed by atoms with van der Waals surface area (Å²) in [5.41, 5.74) is 2.85. The van der Waals surface area contributed by atoms with Crippen LogP contribution < -0.4 is 10.5 Å². The van der Waals surface area contributed by atoms with Crippen molar-refractivity contribution in [2.45, 2.75) is 19.1 Å². The van der Waals surface area contributed by atoms with Gasteiger partial charge in [-0.15, -0.1) is 13.2 Å². The molecule has 3 nitrogen and oxygen atoms in total. The fraction of sp³-hybridized carbons (Fsp3) is 0.375. The topological polar surface area (TPSA) is 48.1 Å². The number of halogens is 7. The van der Waals surface area contributed by atoms with Crippen LogP contribution in [-0.2, 0) is 12.7 Å². The molecule has 0 aliphatic carbocycles. The second-order valence-corrected chi connectivity index (χ2v) is 3.78. The van der Waals surface area contributed by atoms with Crippen LogP contribution in [0.1, 0.15) is 11.1 Å². The molecular weight excluding hydrogens is 334 g/mol. The van der Waals surface area contributed by atoms with Gasteiger partial charge in [0.25, 0.3) is 0 Å². The number of ether oxygens (including phenoxy) is 1. The molecule has 102 valence electrons. The number of hydrogen-bond donors (Lipinski definition) is 1. The zero-order valence-corrected chi connectivity index (χ0v) is 9.95. The lowest BCUT2D eigenvalue weighted by molar-refractivity contribution is -0.276. The highest BCUT2D eigenvalue weighted by Gasteiger charge is 2.42. The van der Waals surface area contributed by atoms with Crippen molar-refractivity contribution >= 4 is 15.9 Å². The van der Waals surface area contributed by atoms with Gasteiger partial charge in [-0.05, 0) is 15.9 Å². The molecule has 0 unspecified atom stereocenters. The van der Waals surface area contributed by atoms with Crippen molar-refractivity contribution in [1.29, 1.82) is 0 Å². The predicted molar refractivity (Wildman–Crippen MR) is 51.5 cm³/mol. The van der Waals surface area contributed by atoms with Gasteiger partial charge in [0.2, 0.25) is 0 Å². The molecule has 0 aliphatic heterocycles. The van der Waals surface area contributed by atoms with Crippen LogP contribution in [0, 0.1) is 0 Å². The van der Waals surface area contributed by atoms with Crippen LogP contribution in [0.2, 0.25) is 0 Å². The second kappa shape index (κ2) is 4.92. The zero-order chi connectivity index (χ0) is 14.1. The normalized spacial score (nSPS) is 12.7. The molecule has 1 aromatic rings. The quantitative estimate of drug-likeness (QED) is 0.665. The summed E-state index contributed by atoms with van der Waals surface area (Å²) in [5, 5.41) is 0. The Morgan fingerprint density at radius 1 is 1.22 bits per heavy atom. The minimum absolute atomic E-state index is 0.593. The number of nitrogens with two attached hydrogens (primary N) is 1. The summed E-state index contributed by atoms with van der Waals surface area (Å²) < 4.78 is 76.9. The number of hydrogen-bond acceptors (Lipinski definition) is 3. The van der Waals surface area contributed by atoms with Gasteiger partial charge in [0.1, 0.15) is 10.2 Å². The lowest BCUT2D eigenvalue weighted by Crippen LogP contribution is -2.22. The predicted octanol–water partition coefficient (Wildman–Crippen LogP) is 3.22. The first kappa shape index (κ1) is 15.0. The van der Waals surface area contributed by atoms with Crippen molar-refractivity contribution in [2.24, 2.45) is 5.73 Å². The zero-order valence-electron chi connectivity index (χ0n) is 8.36. The van der Waals surface area contributed by atoms with E-state index in [2.05, 4.69) is 25.7 Å². The van der Waals surface area contributed by atoms with Crippen LogP contribution in [0.5, 0.6) is 5.75 Å². The van der Waals surface area contributed by atoms with Crippen molar-refractivity contribution in [3.05, 3.63) is 21.9 Å². The van der Waals surface area contributed by atoms with E-state index in [-0.39, 0.29) is 0 Å². The van der Waals surface area contributed by atoms with Crippen molar-refractivity contribution in [3.63, 3.8) is 0 Å². The van der Waals surface area contributed by atoms with E-state index in [0.29, 0.717) is 0 Å². The third-order valence-corrected chi connectivity index (χ3v) is 2.36. The highest BCUT2D eigenvalue weighted by molar-refractivity contribution is 9.10. The van der Waals surface area contributed by atoms with Crippen molar-refractivity contribution in [1.82, 2.24) is 4.98 Å². The van der Waals surface area contributed by atoms with Gasteiger partial charge < -0.3 is 10.5 Å². The van der Waals surface area contributed by atoms with E-state index in [1.54, 1.807) is 0 Å². The third-order valence-electron chi connectivity index (χ3n) is 1.79. The molecule has 10 heteroatoms. The van der Waals surface area contributed by atoms with Gasteiger partial charge in [0, 0.05) is 18.3 Å². The summed E-state index contributed by atoms with van der Waals surface area (Å²) in [6, 6.07) is 0. The van der Waals surface area contributed by atoms with E-state index in [0.717, 1.165) is 6.20 Å². The molecule has 0 atom stereocenters. The average Bonchev–Trinajstić information content (AvgIpc) is 2.17. The van der Waals surface area contributed by atoms with Gasteiger partial charge >= 0.3 is 12.5 Å². The smallest absolute Gasteiger partial charge is 0.402 e. The van der Waals surface area contributed by atoms with Crippen molar-refractivity contribution in [2.75, 3.05) is 0 Å². The molecular formula is C8H5BrF6N2O. The number of aromatic nitrogens is 1. The Labute approximate surface area is 105 Å². The van der Waals surface area contributed by atoms with Crippen LogP contribution in [0.3, 0.4) is 0 Å². The Balaban J connectivity index is 3.46. The Bertz CT molecular complexity index is 444. The molecule has 0 bridgehead atoms. The molecule has 18 heavy (non-hydrogen) atoms. The Morgan fingerprint density at radius 3 is 2.17 bits per heavy atom. The first-order valence-corrected chi connectivity index (χ1v) is 5.06. The van der Waals surface area contributed by atoms with Gasteiger partial charge in [-0.1, -0.05) is 0 Å². The average molecular weight is 339 g/mol. The van der Waals surface area contributed by atoms with Crippen LogP contribution >= 0.6 is 15.9 Å². The van der Waals surface area contributed by atoms with Crippen LogP contribution in [0.4, 0.5) is 26.3 Å². The summed E-state index contributed by atoms with van der Waals surface area (Å²) in [6.45, 7) is -0.622. The number of pyridine rings is 1. The maximum atomic E-state index is 12.7. The molecule has 1 rings (SSSR count). The first-order valence-electron chi connectivity index (χ1n) is 4.26. The summed E-state index contributed by atoms with van der Waals surface area (Å²) >= 11 is 2.48. The summed E-state index contributed by atoms with van der Waals surface area (Å²) in [6.07, 6.45) is -9.58. The monoisotopic (exact) mass is 338 g/mol. The molecule has 0 aromatic carbocycles. The summed E-state index contributed by atoms with van der Waals surface area (Å²) in [5.74, 6) is -1.45. The molecule has 0 radical (unpaired) electrons. The van der Waals surface area contributed by atoms with Crippen LogP contribution in [0.15, 0.2) is 10.8 Å². The minimum atomic E-state index is -5.27. The van der Waals surface area contributed by atoms with Crippen molar-refractivity contribution in [3.8, 4) is 5.75 Å². The SMILES string of the molecule is NCc1cnc(Br)c(OC(F)(F)F)c1C(F)(F)F. The second-order valence-electron chi connectivity index (χ2n) is 3.03. The van der Waals surface area contributed by atoms with Gasteiger partial charge in [0.15, 0.2) is 5.75 Å². The Hall–Kier alpha value is -1.03. The summed E-state index contributed by atoms with van der Waals surface area (Å²) in [7, 11) is 0. The fourth-order valence-electron chi connectivity index (χ4n) is 1.18. The molecule has 0 amide bonds. The van der Waals surface area contributed by atoms with E-state index >= 15 is 0 Å². The van der Waals surface area contributed by atoms with Crippen molar-refractivity contribution < 1.29 is 31.1 Å². The van der Waals surface area contributed by atoms with Gasteiger partial charge in [-0.25, -0.2) is 4.98 Å². The first-order chi connectivity index (χ1) is 8.06. The number of nitrogens with zero attached hydrogens (tertiary/aromatic N) is 1. The number of rotatable bonds is 2. The Kier molecular flexibility index (Phi) is 4.11. The summed E-state index contributed by atoms with van der Waals surface area (Å²) in [4.78, 5) is 3.32. The van der Waals surface area contributed by atoms with Gasteiger partial charge in [0.05, 0.1) is 0 Å². The number of alkyl halides is 6. The molecule has 0 aliphatic rings. The molecule has 0 spiro atoms. The van der Waals surface area contributed by atoms with Gasteiger partial charge in [-0.3, -0.25) is 0 Å². The maximum Gasteiger partial charge on any atom is 0.573 e. The highest BCUT2D eigenvalue weighted by atomic mass is 79.9. The molecule has 0 saturated heterocycles. The molecule has 2 N–H and O–H groups in total. The third kappa shape index (κ3) is 3.48. The van der Waals surface area contributed by atoms with E-state index in [9.17, 15) is 26.3 Å². The molecule has 0 fully saturated rings. The highest BCUT2D eigenvalue weighted by Crippen LogP contribution is 2.43. The van der Waals surface area contributed by atoms with E-state index in [1.807, 2.05) is 0 Å². The lowest BCUT2D eigenvalue weighted by atomic mass is 10.1. The van der Waals surface area contributed by atoms with Crippen LogP contribution in [0.25, 0.3) is 0 Å². The molecule has 1 aromatic heterocycles.